The van der Waals surface area contributed by atoms with Crippen LogP contribution in [0.5, 0.6) is 5.75 Å². The molecule has 5 heteroatoms. The van der Waals surface area contributed by atoms with Gasteiger partial charge in [0.25, 0.3) is 5.91 Å². The summed E-state index contributed by atoms with van der Waals surface area (Å²) < 4.78 is 5.35. The summed E-state index contributed by atoms with van der Waals surface area (Å²) >= 11 is 1.47. The van der Waals surface area contributed by atoms with Gasteiger partial charge in [-0.15, -0.1) is 6.42 Å². The van der Waals surface area contributed by atoms with Crippen LogP contribution >= 0.6 is 11.8 Å². The van der Waals surface area contributed by atoms with Crippen LogP contribution in [0.4, 0.5) is 5.69 Å². The molecule has 1 atom stereocenters. The van der Waals surface area contributed by atoms with E-state index in [0.29, 0.717) is 10.7 Å². The number of nitrogens with one attached hydrogen (secondary N) is 2. The van der Waals surface area contributed by atoms with Gasteiger partial charge in [-0.05, 0) is 47.9 Å². The third-order valence-electron chi connectivity index (χ3n) is 3.89. The number of carbonyl (C=O) groups is 1. The van der Waals surface area contributed by atoms with E-state index in [1.165, 1.54) is 17.3 Å². The minimum atomic E-state index is -0.181. The number of thioether (sulfide) groups is 1. The second-order valence-electron chi connectivity index (χ2n) is 5.74. The minimum absolute atomic E-state index is 0.0784. The lowest BCUT2D eigenvalue weighted by molar-refractivity contribution is -0.116. The summed E-state index contributed by atoms with van der Waals surface area (Å²) in [7, 11) is 0. The largest absolute Gasteiger partial charge is 0.481 e. The molecule has 2 aromatic carbocycles. The van der Waals surface area contributed by atoms with Gasteiger partial charge in [-0.2, -0.15) is 0 Å². The molecule has 0 saturated carbocycles. The van der Waals surface area contributed by atoms with E-state index in [2.05, 4.69) is 35.6 Å². The highest BCUT2D eigenvalue weighted by Gasteiger charge is 2.27. The molecule has 26 heavy (non-hydrogen) atoms. The van der Waals surface area contributed by atoms with E-state index in [1.54, 1.807) is 0 Å². The molecule has 1 amide bonds. The molecule has 1 fully saturated rings. The van der Waals surface area contributed by atoms with Gasteiger partial charge in [0.15, 0.2) is 5.50 Å². The molecule has 0 radical (unpaired) electrons. The standard InChI is InChI=1S/C21H20N2O2S/c1-3-13-25-18-11-7-16(8-12-18)14-19-20(24)23-21(26-19)22-17-9-5-15(4-2)6-10-17/h1,5-12,14,21-22H,4,13H2,2H3,(H,23,24)/b19-14-/t21-/m0/s1. The molecule has 1 aliphatic rings. The van der Waals surface area contributed by atoms with Crippen molar-refractivity contribution >= 4 is 29.4 Å². The van der Waals surface area contributed by atoms with Gasteiger partial charge < -0.3 is 15.4 Å². The number of amides is 1. The van der Waals surface area contributed by atoms with E-state index < -0.39 is 0 Å². The van der Waals surface area contributed by atoms with Crippen molar-refractivity contribution in [1.82, 2.24) is 5.32 Å². The van der Waals surface area contributed by atoms with Gasteiger partial charge in [-0.1, -0.05) is 48.9 Å². The van der Waals surface area contributed by atoms with Gasteiger partial charge in [0.05, 0.1) is 4.91 Å². The zero-order valence-electron chi connectivity index (χ0n) is 14.5. The number of anilines is 1. The Morgan fingerprint density at radius 3 is 2.62 bits per heavy atom. The summed E-state index contributed by atoms with van der Waals surface area (Å²) in [6, 6.07) is 15.7. The monoisotopic (exact) mass is 364 g/mol. The topological polar surface area (TPSA) is 50.4 Å². The summed E-state index contributed by atoms with van der Waals surface area (Å²) in [6.07, 6.45) is 8.05. The number of hydrogen-bond acceptors (Lipinski definition) is 4. The van der Waals surface area contributed by atoms with Crippen molar-refractivity contribution < 1.29 is 9.53 Å². The molecule has 0 aliphatic carbocycles. The van der Waals surface area contributed by atoms with Crippen molar-refractivity contribution in [3.8, 4) is 18.1 Å². The van der Waals surface area contributed by atoms with Crippen LogP contribution in [-0.2, 0) is 11.2 Å². The minimum Gasteiger partial charge on any atom is -0.481 e. The Morgan fingerprint density at radius 1 is 1.23 bits per heavy atom. The highest BCUT2D eigenvalue weighted by Crippen LogP contribution is 2.30. The lowest BCUT2D eigenvalue weighted by atomic mass is 10.1. The predicted molar refractivity (Wildman–Crippen MR) is 108 cm³/mol. The second kappa shape index (κ2) is 8.50. The molecule has 1 saturated heterocycles. The van der Waals surface area contributed by atoms with Crippen LogP contribution in [0.2, 0.25) is 0 Å². The first-order chi connectivity index (χ1) is 12.7. The maximum absolute atomic E-state index is 12.2. The van der Waals surface area contributed by atoms with Gasteiger partial charge in [-0.3, -0.25) is 4.79 Å². The average Bonchev–Trinajstić information content (AvgIpc) is 3.00. The summed E-state index contributed by atoms with van der Waals surface area (Å²) in [5.41, 5.74) is 3.02. The summed E-state index contributed by atoms with van der Waals surface area (Å²) in [6.45, 7) is 2.37. The Kier molecular flexibility index (Phi) is 5.88. The molecule has 0 unspecified atom stereocenters. The van der Waals surface area contributed by atoms with Crippen LogP contribution < -0.4 is 15.4 Å². The third-order valence-corrected chi connectivity index (χ3v) is 4.92. The second-order valence-corrected chi connectivity index (χ2v) is 6.88. The van der Waals surface area contributed by atoms with Crippen LogP contribution in [-0.4, -0.2) is 18.0 Å². The summed E-state index contributed by atoms with van der Waals surface area (Å²) in [4.78, 5) is 12.9. The van der Waals surface area contributed by atoms with Gasteiger partial charge in [0.1, 0.15) is 12.4 Å². The Morgan fingerprint density at radius 2 is 1.96 bits per heavy atom. The normalized spacial score (nSPS) is 17.6. The first-order valence-electron chi connectivity index (χ1n) is 8.39. The zero-order chi connectivity index (χ0) is 18.4. The fourth-order valence-corrected chi connectivity index (χ4v) is 3.47. The molecule has 0 bridgehead atoms. The number of aryl methyl sites for hydroxylation is 1. The van der Waals surface area contributed by atoms with E-state index in [9.17, 15) is 4.79 Å². The fourth-order valence-electron chi connectivity index (χ4n) is 2.49. The van der Waals surface area contributed by atoms with Gasteiger partial charge in [0.2, 0.25) is 0 Å². The van der Waals surface area contributed by atoms with Crippen LogP contribution in [0.25, 0.3) is 6.08 Å². The quantitative estimate of drug-likeness (QED) is 0.604. The Balaban J connectivity index is 1.63. The molecule has 0 aromatic heterocycles. The maximum Gasteiger partial charge on any atom is 0.260 e. The van der Waals surface area contributed by atoms with E-state index in [-0.39, 0.29) is 18.0 Å². The van der Waals surface area contributed by atoms with E-state index >= 15 is 0 Å². The van der Waals surface area contributed by atoms with Crippen molar-refractivity contribution in [1.29, 1.82) is 0 Å². The molecule has 3 rings (SSSR count). The molecule has 1 heterocycles. The van der Waals surface area contributed by atoms with Crippen LogP contribution in [0, 0.1) is 12.3 Å². The molecule has 0 spiro atoms. The summed E-state index contributed by atoms with van der Waals surface area (Å²) in [5.74, 6) is 3.06. The Bertz CT molecular complexity index is 836. The third kappa shape index (κ3) is 4.62. The number of carbonyl (C=O) groups excluding carboxylic acids is 1. The van der Waals surface area contributed by atoms with Crippen LogP contribution in [0.15, 0.2) is 53.4 Å². The smallest absolute Gasteiger partial charge is 0.260 e. The number of rotatable bonds is 6. The Hall–Kier alpha value is -2.84. The lowest BCUT2D eigenvalue weighted by Gasteiger charge is -2.12. The van der Waals surface area contributed by atoms with Crippen molar-refractivity contribution in [3.63, 3.8) is 0 Å². The van der Waals surface area contributed by atoms with Crippen molar-refractivity contribution in [2.75, 3.05) is 11.9 Å². The summed E-state index contributed by atoms with van der Waals surface area (Å²) in [5, 5.41) is 6.26. The highest BCUT2D eigenvalue weighted by atomic mass is 32.2. The number of ether oxygens (including phenoxy) is 1. The number of terminal acetylenes is 1. The zero-order valence-corrected chi connectivity index (χ0v) is 15.3. The van der Waals surface area contributed by atoms with Gasteiger partial charge in [0, 0.05) is 5.69 Å². The molecule has 1 aliphatic heterocycles. The van der Waals surface area contributed by atoms with E-state index in [1.807, 2.05) is 42.5 Å². The van der Waals surface area contributed by atoms with E-state index in [4.69, 9.17) is 11.2 Å². The number of hydrogen-bond donors (Lipinski definition) is 2. The molecule has 2 aromatic rings. The molecular weight excluding hydrogens is 344 g/mol. The van der Waals surface area contributed by atoms with Crippen molar-refractivity contribution in [2.24, 2.45) is 0 Å². The lowest BCUT2D eigenvalue weighted by Crippen LogP contribution is -2.30. The first kappa shape index (κ1) is 18.0. The molecule has 4 nitrogen and oxygen atoms in total. The maximum atomic E-state index is 12.2. The molecule has 132 valence electrons. The predicted octanol–water partition coefficient (Wildman–Crippen LogP) is 3.86. The van der Waals surface area contributed by atoms with E-state index in [0.717, 1.165) is 17.7 Å². The van der Waals surface area contributed by atoms with Gasteiger partial charge in [-0.25, -0.2) is 0 Å². The van der Waals surface area contributed by atoms with Gasteiger partial charge >= 0.3 is 0 Å². The SMILES string of the molecule is C#CCOc1ccc(/C=C2\S[C@@H](Nc3ccc(CC)cc3)NC2=O)cc1. The average molecular weight is 364 g/mol. The van der Waals surface area contributed by atoms with Crippen LogP contribution in [0.3, 0.4) is 0 Å². The van der Waals surface area contributed by atoms with Crippen LogP contribution in [0.1, 0.15) is 18.1 Å². The number of benzene rings is 2. The Labute approximate surface area is 158 Å². The fraction of sp³-hybridized carbons (Fsp3) is 0.190. The first-order valence-corrected chi connectivity index (χ1v) is 9.27. The molecule has 2 N–H and O–H groups in total. The van der Waals surface area contributed by atoms with Crippen molar-refractivity contribution in [3.05, 3.63) is 64.6 Å². The molecular formula is C21H20N2O2S. The van der Waals surface area contributed by atoms with Crippen molar-refractivity contribution in [2.45, 2.75) is 18.8 Å². The highest BCUT2D eigenvalue weighted by molar-refractivity contribution is 8.05.